The van der Waals surface area contributed by atoms with Gasteiger partial charge in [0.1, 0.15) is 12.2 Å². The van der Waals surface area contributed by atoms with E-state index in [1.165, 1.54) is 42.5 Å². The summed E-state index contributed by atoms with van der Waals surface area (Å²) in [5.74, 6) is -12.6. The number of aliphatic hydroxyl groups excluding tert-OH is 1. The molecule has 0 amide bonds. The van der Waals surface area contributed by atoms with Crippen molar-refractivity contribution in [1.29, 1.82) is 0 Å². The smallest absolute Gasteiger partial charge is 0.366 e. The fraction of sp³-hybridized carbons (Fsp3) is 0.250. The average molecular weight is 522 g/mol. The Morgan fingerprint density at radius 3 is 2.14 bits per heavy atom. The van der Waals surface area contributed by atoms with E-state index in [2.05, 4.69) is 8.92 Å². The molecule has 0 spiro atoms. The molecule has 0 bridgehead atoms. The maximum atomic E-state index is 15.6. The molecule has 1 saturated heterocycles. The maximum Gasteiger partial charge on any atom is 0.366 e. The minimum atomic E-state index is -5.19. The molecule has 1 unspecified atom stereocenters. The Morgan fingerprint density at radius 1 is 0.944 bits per heavy atom. The summed E-state index contributed by atoms with van der Waals surface area (Å²) in [6, 6.07) is 17.0. The summed E-state index contributed by atoms with van der Waals surface area (Å²) >= 11 is 0. The topological polar surface area (TPSA) is 147 Å². The second-order valence-electron chi connectivity index (χ2n) is 8.31. The number of ether oxygens (including phenoxy) is 1. The van der Waals surface area contributed by atoms with E-state index >= 15 is 8.78 Å². The lowest BCUT2D eigenvalue weighted by Crippen LogP contribution is -2.65. The van der Waals surface area contributed by atoms with E-state index < -0.39 is 57.0 Å². The molecule has 4 rings (SSSR count). The molecular formula is C24H20F2O9S. The Balaban J connectivity index is 1.86. The first kappa shape index (κ1) is 25.9. The van der Waals surface area contributed by atoms with Gasteiger partial charge in [-0.05, 0) is 16.8 Å². The van der Waals surface area contributed by atoms with Crippen LogP contribution in [0.25, 0.3) is 10.8 Å². The molecule has 12 heteroatoms. The predicted molar refractivity (Wildman–Crippen MR) is 121 cm³/mol. The fourth-order valence-corrected chi connectivity index (χ4v) is 4.61. The van der Waals surface area contributed by atoms with Crippen LogP contribution in [0.5, 0.6) is 0 Å². The number of alkyl halides is 2. The highest BCUT2D eigenvalue weighted by atomic mass is 32.2. The maximum absolute atomic E-state index is 15.6. The summed E-state index contributed by atoms with van der Waals surface area (Å²) < 4.78 is 63.2. The average Bonchev–Trinajstić information content (AvgIpc) is 2.99. The van der Waals surface area contributed by atoms with E-state index in [1.54, 1.807) is 24.3 Å². The number of aliphatic hydroxyl groups is 3. The predicted octanol–water partition coefficient (Wildman–Crippen LogP) is 1.65. The number of benzene rings is 3. The summed E-state index contributed by atoms with van der Waals surface area (Å²) in [5, 5.41) is 33.4. The molecule has 4 atom stereocenters. The summed E-state index contributed by atoms with van der Waals surface area (Å²) in [4.78, 5) is 26.2. The summed E-state index contributed by atoms with van der Waals surface area (Å²) in [6.45, 7) is 0. The van der Waals surface area contributed by atoms with Gasteiger partial charge in [0.15, 0.2) is 5.78 Å². The van der Waals surface area contributed by atoms with Crippen molar-refractivity contribution in [3.05, 3.63) is 83.9 Å². The van der Waals surface area contributed by atoms with Crippen molar-refractivity contribution in [3.63, 3.8) is 0 Å². The molecule has 1 heterocycles. The van der Waals surface area contributed by atoms with Crippen LogP contribution < -0.4 is 0 Å². The monoisotopic (exact) mass is 522 g/mol. The molecule has 0 aromatic heterocycles. The molecule has 190 valence electrons. The molecule has 0 radical (unpaired) electrons. The normalized spacial score (nSPS) is 26.6. The van der Waals surface area contributed by atoms with E-state index in [4.69, 9.17) is 0 Å². The zero-order valence-corrected chi connectivity index (χ0v) is 19.4. The Morgan fingerprint density at radius 2 is 1.53 bits per heavy atom. The van der Waals surface area contributed by atoms with Gasteiger partial charge in [-0.3, -0.25) is 9.59 Å². The Bertz CT molecular complexity index is 1440. The van der Waals surface area contributed by atoms with Gasteiger partial charge < -0.3 is 20.1 Å². The molecule has 1 aliphatic rings. The van der Waals surface area contributed by atoms with Crippen molar-refractivity contribution in [2.45, 2.75) is 29.7 Å². The molecule has 0 aliphatic carbocycles. The SMILES string of the molecule is CS(=O)(=O)O[C@]1(O)O[C@H](C(O)C(=O)c2ccccc2)[C@](O)(C(=O)c2ccc3ccccc3c2)C1(F)F. The molecule has 1 aliphatic heterocycles. The molecule has 36 heavy (non-hydrogen) atoms. The summed E-state index contributed by atoms with van der Waals surface area (Å²) in [6.07, 6.45) is -5.18. The van der Waals surface area contributed by atoms with Gasteiger partial charge in [-0.15, -0.1) is 0 Å². The van der Waals surface area contributed by atoms with E-state index in [-0.39, 0.29) is 5.56 Å². The number of hydrogen-bond acceptors (Lipinski definition) is 9. The number of rotatable bonds is 7. The quantitative estimate of drug-likeness (QED) is 0.239. The van der Waals surface area contributed by atoms with Crippen molar-refractivity contribution >= 4 is 32.5 Å². The van der Waals surface area contributed by atoms with E-state index in [0.29, 0.717) is 17.0 Å². The minimum absolute atomic E-state index is 0.197. The van der Waals surface area contributed by atoms with Gasteiger partial charge in [0.25, 0.3) is 10.1 Å². The molecule has 9 nitrogen and oxygen atoms in total. The standard InChI is InChI=1S/C24H20F2O9S/c1-36(32,33)35-24(31)23(25,26)22(30,20(29)17-12-11-14-7-5-6-10-16(14)13-17)21(34-24)19(28)18(27)15-8-3-2-4-9-15/h2-13,19,21,28,30-31H,1H3/t19?,21-,22-,24-/m1/s1. The van der Waals surface area contributed by atoms with Crippen molar-refractivity contribution in [1.82, 2.24) is 0 Å². The number of fused-ring (bicyclic) bond motifs is 1. The first-order valence-corrected chi connectivity index (χ1v) is 12.2. The molecule has 3 aromatic carbocycles. The zero-order valence-electron chi connectivity index (χ0n) is 18.5. The van der Waals surface area contributed by atoms with E-state index in [1.807, 2.05) is 0 Å². The van der Waals surface area contributed by atoms with Crippen LogP contribution >= 0.6 is 0 Å². The van der Waals surface area contributed by atoms with Crippen LogP contribution in [-0.4, -0.2) is 71.3 Å². The number of ketones is 2. The molecule has 0 saturated carbocycles. The number of hydrogen-bond donors (Lipinski definition) is 3. The first-order valence-electron chi connectivity index (χ1n) is 10.4. The van der Waals surface area contributed by atoms with Crippen LogP contribution in [0.15, 0.2) is 72.8 Å². The van der Waals surface area contributed by atoms with Crippen molar-refractivity contribution in [3.8, 4) is 0 Å². The molecule has 3 N–H and O–H groups in total. The van der Waals surface area contributed by atoms with Crippen LogP contribution in [0.1, 0.15) is 20.7 Å². The van der Waals surface area contributed by atoms with Gasteiger partial charge in [0.2, 0.25) is 11.4 Å². The number of halogens is 2. The van der Waals surface area contributed by atoms with Crippen molar-refractivity contribution in [2.75, 3.05) is 6.26 Å². The molecule has 1 fully saturated rings. The summed E-state index contributed by atoms with van der Waals surface area (Å²) in [5.41, 5.74) is -4.83. The third-order valence-electron chi connectivity index (χ3n) is 5.81. The van der Waals surface area contributed by atoms with Gasteiger partial charge in [-0.1, -0.05) is 66.7 Å². The third kappa shape index (κ3) is 4.11. The van der Waals surface area contributed by atoms with Crippen LogP contribution in [0.2, 0.25) is 0 Å². The van der Waals surface area contributed by atoms with Crippen molar-refractivity contribution in [2.24, 2.45) is 0 Å². The first-order chi connectivity index (χ1) is 16.7. The second-order valence-corrected chi connectivity index (χ2v) is 9.89. The lowest BCUT2D eigenvalue weighted by Gasteiger charge is -2.33. The zero-order chi connectivity index (χ0) is 26.5. The largest absolute Gasteiger partial charge is 0.382 e. The highest BCUT2D eigenvalue weighted by Gasteiger charge is 2.83. The van der Waals surface area contributed by atoms with Gasteiger partial charge in [-0.25, -0.2) is 4.18 Å². The minimum Gasteiger partial charge on any atom is -0.382 e. The fourth-order valence-electron chi connectivity index (χ4n) is 4.05. The highest BCUT2D eigenvalue weighted by Crippen LogP contribution is 2.53. The molecule has 3 aromatic rings. The number of carbonyl (C=O) groups excluding carboxylic acids is 2. The van der Waals surface area contributed by atoms with E-state index in [0.717, 1.165) is 6.07 Å². The Hall–Kier alpha value is -3.13. The van der Waals surface area contributed by atoms with Crippen LogP contribution in [0, 0.1) is 0 Å². The summed E-state index contributed by atoms with van der Waals surface area (Å²) in [7, 11) is -4.87. The van der Waals surface area contributed by atoms with Gasteiger partial charge in [0, 0.05) is 11.1 Å². The van der Waals surface area contributed by atoms with Gasteiger partial charge >= 0.3 is 11.9 Å². The van der Waals surface area contributed by atoms with Crippen LogP contribution in [0.3, 0.4) is 0 Å². The lowest BCUT2D eigenvalue weighted by atomic mass is 9.79. The lowest BCUT2D eigenvalue weighted by molar-refractivity contribution is -0.383. The Kier molecular flexibility index (Phi) is 6.32. The molecular weight excluding hydrogens is 502 g/mol. The highest BCUT2D eigenvalue weighted by molar-refractivity contribution is 7.86. The second kappa shape index (κ2) is 8.76. The van der Waals surface area contributed by atoms with Crippen molar-refractivity contribution < 1.29 is 51.0 Å². The number of carbonyl (C=O) groups is 2. The third-order valence-corrected chi connectivity index (χ3v) is 6.34. The van der Waals surface area contributed by atoms with E-state index in [9.17, 15) is 33.3 Å². The van der Waals surface area contributed by atoms with Gasteiger partial charge in [0.05, 0.1) is 6.26 Å². The van der Waals surface area contributed by atoms with Crippen LogP contribution in [-0.2, 0) is 19.0 Å². The Labute approximate surface area is 203 Å². The van der Waals surface area contributed by atoms with Gasteiger partial charge in [-0.2, -0.15) is 17.2 Å². The number of Topliss-reactive ketones (excluding diaryl/α,β-unsaturated/α-hetero) is 2. The van der Waals surface area contributed by atoms with Crippen LogP contribution in [0.4, 0.5) is 8.78 Å².